The van der Waals surface area contributed by atoms with E-state index in [2.05, 4.69) is 20.9 Å². The summed E-state index contributed by atoms with van der Waals surface area (Å²) in [4.78, 5) is 38.7. The van der Waals surface area contributed by atoms with Crippen LogP contribution >= 0.6 is 0 Å². The molecule has 2 saturated heterocycles. The summed E-state index contributed by atoms with van der Waals surface area (Å²) in [5.41, 5.74) is 2.05. The van der Waals surface area contributed by atoms with Crippen LogP contribution in [0.2, 0.25) is 0 Å². The standard InChI is InChI=1S/C25H31N5O2/c31-24-11-10-22-25(32)29(21-8-2-1-7-20(21)19-30(22)24)14-6-5-13-27-15-17-28(18-16-27)23-9-3-4-12-26-23/h1-4,7-9,12,22H,5-6,10-11,13-19H2/t22-/m0/s1. The van der Waals surface area contributed by atoms with Gasteiger partial charge in [0.05, 0.1) is 0 Å². The van der Waals surface area contributed by atoms with Crippen molar-refractivity contribution < 1.29 is 9.59 Å². The molecule has 0 spiro atoms. The van der Waals surface area contributed by atoms with Gasteiger partial charge in [-0.1, -0.05) is 24.3 Å². The number of aromatic nitrogens is 1. The van der Waals surface area contributed by atoms with E-state index in [0.717, 1.165) is 62.6 Å². The maximum atomic E-state index is 13.3. The van der Waals surface area contributed by atoms with Crippen molar-refractivity contribution in [2.75, 3.05) is 49.1 Å². The molecule has 168 valence electrons. The van der Waals surface area contributed by atoms with Gasteiger partial charge in [-0.05, 0) is 49.6 Å². The number of hydrogen-bond donors (Lipinski definition) is 0. The lowest BCUT2D eigenvalue weighted by molar-refractivity contribution is -0.134. The number of amides is 2. The summed E-state index contributed by atoms with van der Waals surface area (Å²) >= 11 is 0. The summed E-state index contributed by atoms with van der Waals surface area (Å²) in [6, 6.07) is 13.8. The van der Waals surface area contributed by atoms with Gasteiger partial charge in [-0.15, -0.1) is 0 Å². The van der Waals surface area contributed by atoms with Crippen molar-refractivity contribution in [1.82, 2.24) is 14.8 Å². The van der Waals surface area contributed by atoms with Crippen LogP contribution in [0.5, 0.6) is 0 Å². The number of nitrogens with zero attached hydrogens (tertiary/aromatic N) is 5. The zero-order valence-corrected chi connectivity index (χ0v) is 18.5. The van der Waals surface area contributed by atoms with Gasteiger partial charge in [0, 0.05) is 57.6 Å². The molecular formula is C25H31N5O2. The van der Waals surface area contributed by atoms with Crippen LogP contribution in [0.4, 0.5) is 11.5 Å². The minimum Gasteiger partial charge on any atom is -0.354 e. The zero-order valence-electron chi connectivity index (χ0n) is 18.5. The molecule has 7 nitrogen and oxygen atoms in total. The number of piperazine rings is 1. The van der Waals surface area contributed by atoms with Gasteiger partial charge >= 0.3 is 0 Å². The molecule has 5 rings (SSSR count). The largest absolute Gasteiger partial charge is 0.354 e. The first-order chi connectivity index (χ1) is 15.7. The normalized spacial score (nSPS) is 21.5. The SMILES string of the molecule is O=C1[C@@H]2CCC(=O)N2Cc2ccccc2N1CCCCN1CCN(c2ccccn2)CC1. The fraction of sp³-hybridized carbons (Fsp3) is 0.480. The summed E-state index contributed by atoms with van der Waals surface area (Å²) in [6.45, 7) is 6.39. The number of pyridine rings is 1. The first kappa shape index (κ1) is 20.9. The summed E-state index contributed by atoms with van der Waals surface area (Å²) in [5, 5.41) is 0. The zero-order chi connectivity index (χ0) is 21.9. The monoisotopic (exact) mass is 433 g/mol. The fourth-order valence-electron chi connectivity index (χ4n) is 5.16. The number of hydrogen-bond acceptors (Lipinski definition) is 5. The Labute approximate surface area is 189 Å². The van der Waals surface area contributed by atoms with Crippen LogP contribution in [0, 0.1) is 0 Å². The third-order valence-electron chi connectivity index (χ3n) is 6.95. The number of para-hydroxylation sites is 1. The van der Waals surface area contributed by atoms with Crippen molar-refractivity contribution in [1.29, 1.82) is 0 Å². The van der Waals surface area contributed by atoms with Crippen LogP contribution in [0.3, 0.4) is 0 Å². The molecule has 4 heterocycles. The molecule has 2 fully saturated rings. The van der Waals surface area contributed by atoms with Crippen LogP contribution in [-0.2, 0) is 16.1 Å². The summed E-state index contributed by atoms with van der Waals surface area (Å²) in [5.74, 6) is 1.25. The van der Waals surface area contributed by atoms with Crippen LogP contribution in [0.1, 0.15) is 31.2 Å². The molecular weight excluding hydrogens is 402 g/mol. The highest BCUT2D eigenvalue weighted by Gasteiger charge is 2.41. The number of carbonyl (C=O) groups is 2. The third kappa shape index (κ3) is 4.21. The van der Waals surface area contributed by atoms with E-state index in [1.54, 1.807) is 4.90 Å². The molecule has 2 amide bonds. The van der Waals surface area contributed by atoms with Gasteiger partial charge < -0.3 is 14.7 Å². The van der Waals surface area contributed by atoms with E-state index >= 15 is 0 Å². The predicted octanol–water partition coefficient (Wildman–Crippen LogP) is 2.52. The highest BCUT2D eigenvalue weighted by molar-refractivity contribution is 6.02. The van der Waals surface area contributed by atoms with Crippen LogP contribution in [0.15, 0.2) is 48.7 Å². The molecule has 0 bridgehead atoms. The highest BCUT2D eigenvalue weighted by atomic mass is 16.2. The third-order valence-corrected chi connectivity index (χ3v) is 6.95. The second kappa shape index (κ2) is 9.28. The van der Waals surface area contributed by atoms with Crippen molar-refractivity contribution in [3.8, 4) is 0 Å². The van der Waals surface area contributed by atoms with Gasteiger partial charge in [0.15, 0.2) is 0 Å². The van der Waals surface area contributed by atoms with E-state index in [1.807, 2.05) is 47.5 Å². The molecule has 3 aliphatic heterocycles. The quantitative estimate of drug-likeness (QED) is 0.656. The van der Waals surface area contributed by atoms with E-state index in [9.17, 15) is 9.59 Å². The van der Waals surface area contributed by atoms with E-state index in [4.69, 9.17) is 0 Å². The van der Waals surface area contributed by atoms with Crippen molar-refractivity contribution >= 4 is 23.3 Å². The van der Waals surface area contributed by atoms with Crippen molar-refractivity contribution in [2.45, 2.75) is 38.3 Å². The number of unbranched alkanes of at least 4 members (excludes halogenated alkanes) is 1. The molecule has 7 heteroatoms. The Morgan fingerprint density at radius 3 is 2.50 bits per heavy atom. The Morgan fingerprint density at radius 1 is 0.906 bits per heavy atom. The molecule has 0 aliphatic carbocycles. The first-order valence-corrected chi connectivity index (χ1v) is 11.8. The van der Waals surface area contributed by atoms with Gasteiger partial charge in [0.1, 0.15) is 11.9 Å². The smallest absolute Gasteiger partial charge is 0.249 e. The molecule has 1 aromatic carbocycles. The van der Waals surface area contributed by atoms with E-state index in [1.165, 1.54) is 0 Å². The predicted molar refractivity (Wildman–Crippen MR) is 124 cm³/mol. The van der Waals surface area contributed by atoms with Crippen LogP contribution < -0.4 is 9.80 Å². The van der Waals surface area contributed by atoms with Crippen molar-refractivity contribution in [3.63, 3.8) is 0 Å². The summed E-state index contributed by atoms with van der Waals surface area (Å²) in [6.07, 6.45) is 4.99. The van der Waals surface area contributed by atoms with Crippen molar-refractivity contribution in [2.24, 2.45) is 0 Å². The summed E-state index contributed by atoms with van der Waals surface area (Å²) < 4.78 is 0. The maximum absolute atomic E-state index is 13.3. The van der Waals surface area contributed by atoms with Gasteiger partial charge in [-0.2, -0.15) is 0 Å². The minimum absolute atomic E-state index is 0.0878. The molecule has 1 aromatic heterocycles. The fourth-order valence-corrected chi connectivity index (χ4v) is 5.16. The molecule has 32 heavy (non-hydrogen) atoms. The Balaban J connectivity index is 1.15. The molecule has 1 atom stereocenters. The Morgan fingerprint density at radius 2 is 1.69 bits per heavy atom. The second-order valence-corrected chi connectivity index (χ2v) is 8.92. The lowest BCUT2D eigenvalue weighted by Crippen LogP contribution is -2.47. The molecule has 2 aromatic rings. The summed E-state index contributed by atoms with van der Waals surface area (Å²) in [7, 11) is 0. The van der Waals surface area contributed by atoms with Crippen LogP contribution in [0.25, 0.3) is 0 Å². The number of fused-ring (bicyclic) bond motifs is 2. The van der Waals surface area contributed by atoms with Gasteiger partial charge in [-0.3, -0.25) is 14.5 Å². The minimum atomic E-state index is -0.297. The average Bonchev–Trinajstić information content (AvgIpc) is 3.14. The maximum Gasteiger partial charge on any atom is 0.249 e. The van der Waals surface area contributed by atoms with Crippen molar-refractivity contribution in [3.05, 3.63) is 54.2 Å². The second-order valence-electron chi connectivity index (χ2n) is 8.92. The van der Waals surface area contributed by atoms with Gasteiger partial charge in [0.25, 0.3) is 0 Å². The molecule has 0 N–H and O–H groups in total. The average molecular weight is 434 g/mol. The molecule has 3 aliphatic rings. The first-order valence-electron chi connectivity index (χ1n) is 11.8. The topological polar surface area (TPSA) is 60.0 Å². The van der Waals surface area contributed by atoms with E-state index in [0.29, 0.717) is 25.9 Å². The number of benzene rings is 1. The molecule has 0 unspecified atom stereocenters. The van der Waals surface area contributed by atoms with Gasteiger partial charge in [-0.25, -0.2) is 4.98 Å². The molecule has 0 radical (unpaired) electrons. The van der Waals surface area contributed by atoms with E-state index < -0.39 is 0 Å². The number of anilines is 2. The lowest BCUT2D eigenvalue weighted by Gasteiger charge is -2.35. The number of rotatable bonds is 6. The highest BCUT2D eigenvalue weighted by Crippen LogP contribution is 2.33. The van der Waals surface area contributed by atoms with E-state index in [-0.39, 0.29) is 17.9 Å². The van der Waals surface area contributed by atoms with Crippen LogP contribution in [-0.4, -0.2) is 71.9 Å². The Hall–Kier alpha value is -2.93. The number of carbonyl (C=O) groups excluding carboxylic acids is 2. The lowest BCUT2D eigenvalue weighted by atomic mass is 10.1. The molecule has 0 saturated carbocycles. The van der Waals surface area contributed by atoms with Gasteiger partial charge in [0.2, 0.25) is 11.8 Å². The Bertz CT molecular complexity index is 958. The Kier molecular flexibility index (Phi) is 6.08.